The van der Waals surface area contributed by atoms with Crippen LogP contribution in [-0.2, 0) is 6.18 Å². The average Bonchev–Trinajstić information content (AvgIpc) is 2.29. The first-order valence-electron chi connectivity index (χ1n) is 5.84. The van der Waals surface area contributed by atoms with Gasteiger partial charge in [-0.1, -0.05) is 31.0 Å². The molecule has 1 fully saturated rings. The zero-order valence-corrected chi connectivity index (χ0v) is 9.37. The molecule has 2 atom stereocenters. The summed E-state index contributed by atoms with van der Waals surface area (Å²) in [5, 5.41) is 9.83. The van der Waals surface area contributed by atoms with Gasteiger partial charge in [0, 0.05) is 5.92 Å². The third-order valence-electron chi connectivity index (χ3n) is 3.37. The third-order valence-corrected chi connectivity index (χ3v) is 3.37. The topological polar surface area (TPSA) is 20.2 Å². The van der Waals surface area contributed by atoms with E-state index in [2.05, 4.69) is 0 Å². The highest BCUT2D eigenvalue weighted by Gasteiger charge is 2.32. The van der Waals surface area contributed by atoms with Crippen molar-refractivity contribution in [2.45, 2.75) is 43.9 Å². The van der Waals surface area contributed by atoms with Gasteiger partial charge < -0.3 is 5.11 Å². The third kappa shape index (κ3) is 2.80. The summed E-state index contributed by atoms with van der Waals surface area (Å²) in [7, 11) is 0. The van der Waals surface area contributed by atoms with E-state index in [4.69, 9.17) is 0 Å². The van der Waals surface area contributed by atoms with Gasteiger partial charge in [-0.25, -0.2) is 0 Å². The molecule has 0 bridgehead atoms. The summed E-state index contributed by atoms with van der Waals surface area (Å²) in [5.74, 6) is -0.147. The number of halogens is 3. The summed E-state index contributed by atoms with van der Waals surface area (Å²) in [6.07, 6.45) is -1.44. The Labute approximate surface area is 98.3 Å². The number of aliphatic hydroxyl groups is 1. The summed E-state index contributed by atoms with van der Waals surface area (Å²) >= 11 is 0. The Kier molecular flexibility index (Phi) is 3.43. The number of aliphatic hydroxyl groups excluding tert-OH is 1. The van der Waals surface area contributed by atoms with Crippen molar-refractivity contribution in [1.82, 2.24) is 0 Å². The highest BCUT2D eigenvalue weighted by Crippen LogP contribution is 2.36. The van der Waals surface area contributed by atoms with E-state index >= 15 is 0 Å². The number of benzene rings is 1. The van der Waals surface area contributed by atoms with E-state index in [1.54, 1.807) is 6.07 Å². The van der Waals surface area contributed by atoms with Crippen molar-refractivity contribution in [2.75, 3.05) is 0 Å². The van der Waals surface area contributed by atoms with Crippen molar-refractivity contribution in [1.29, 1.82) is 0 Å². The van der Waals surface area contributed by atoms with E-state index in [1.807, 2.05) is 0 Å². The van der Waals surface area contributed by atoms with Gasteiger partial charge in [0.15, 0.2) is 0 Å². The maximum atomic E-state index is 12.6. The van der Waals surface area contributed by atoms with Crippen LogP contribution < -0.4 is 0 Å². The minimum Gasteiger partial charge on any atom is -0.392 e. The molecule has 0 unspecified atom stereocenters. The summed E-state index contributed by atoms with van der Waals surface area (Å²) < 4.78 is 37.7. The molecular weight excluding hydrogens is 229 g/mol. The lowest BCUT2D eigenvalue weighted by atomic mass is 9.81. The zero-order chi connectivity index (χ0) is 12.5. The van der Waals surface area contributed by atoms with E-state index in [9.17, 15) is 18.3 Å². The maximum Gasteiger partial charge on any atom is 0.416 e. The largest absolute Gasteiger partial charge is 0.416 e. The SMILES string of the molecule is O[C@H]1CCCC[C@H]1c1cccc(C(F)(F)F)c1. The number of rotatable bonds is 1. The van der Waals surface area contributed by atoms with Gasteiger partial charge in [-0.15, -0.1) is 0 Å². The Morgan fingerprint density at radius 2 is 1.82 bits per heavy atom. The van der Waals surface area contributed by atoms with Crippen LogP contribution >= 0.6 is 0 Å². The molecule has 1 aliphatic carbocycles. The number of hydrogen-bond acceptors (Lipinski definition) is 1. The fraction of sp³-hybridized carbons (Fsp3) is 0.538. The molecule has 1 aliphatic rings. The molecule has 0 aromatic heterocycles. The first kappa shape index (κ1) is 12.4. The fourth-order valence-electron chi connectivity index (χ4n) is 2.45. The molecule has 94 valence electrons. The molecule has 1 aromatic carbocycles. The quantitative estimate of drug-likeness (QED) is 0.798. The molecule has 0 spiro atoms. The first-order valence-corrected chi connectivity index (χ1v) is 5.84. The summed E-state index contributed by atoms with van der Waals surface area (Å²) in [4.78, 5) is 0. The average molecular weight is 244 g/mol. The Balaban J connectivity index is 2.26. The molecule has 0 heterocycles. The van der Waals surface area contributed by atoms with E-state index in [0.29, 0.717) is 12.0 Å². The van der Waals surface area contributed by atoms with E-state index in [0.717, 1.165) is 25.3 Å². The van der Waals surface area contributed by atoms with Gasteiger partial charge >= 0.3 is 6.18 Å². The second-order valence-corrected chi connectivity index (χ2v) is 4.58. The molecule has 1 N–H and O–H groups in total. The van der Waals surface area contributed by atoms with Crippen molar-refractivity contribution in [3.63, 3.8) is 0 Å². The Morgan fingerprint density at radius 3 is 2.47 bits per heavy atom. The fourth-order valence-corrected chi connectivity index (χ4v) is 2.45. The van der Waals surface area contributed by atoms with Crippen molar-refractivity contribution >= 4 is 0 Å². The number of hydrogen-bond donors (Lipinski definition) is 1. The van der Waals surface area contributed by atoms with Gasteiger partial charge in [-0.05, 0) is 24.5 Å². The lowest BCUT2D eigenvalue weighted by molar-refractivity contribution is -0.137. The van der Waals surface area contributed by atoms with Crippen LogP contribution in [0.1, 0.15) is 42.7 Å². The van der Waals surface area contributed by atoms with Gasteiger partial charge in [0.25, 0.3) is 0 Å². The molecular formula is C13H15F3O. The summed E-state index contributed by atoms with van der Waals surface area (Å²) in [6, 6.07) is 5.33. The lowest BCUT2D eigenvalue weighted by Crippen LogP contribution is -2.22. The van der Waals surface area contributed by atoms with Crippen LogP contribution in [0.5, 0.6) is 0 Å². The van der Waals surface area contributed by atoms with Crippen LogP contribution in [0, 0.1) is 0 Å². The highest BCUT2D eigenvalue weighted by atomic mass is 19.4. The van der Waals surface area contributed by atoms with Crippen LogP contribution in [0.2, 0.25) is 0 Å². The second kappa shape index (κ2) is 4.69. The van der Waals surface area contributed by atoms with Crippen molar-refractivity contribution in [3.05, 3.63) is 35.4 Å². The highest BCUT2D eigenvalue weighted by molar-refractivity contribution is 5.29. The van der Waals surface area contributed by atoms with E-state index in [-0.39, 0.29) is 5.92 Å². The van der Waals surface area contributed by atoms with Crippen LogP contribution in [0.4, 0.5) is 13.2 Å². The first-order chi connectivity index (χ1) is 7.98. The normalized spacial score (nSPS) is 25.9. The predicted octanol–water partition coefficient (Wildman–Crippen LogP) is 3.72. The molecule has 1 saturated carbocycles. The standard InChI is InChI=1S/C13H15F3O/c14-13(15,16)10-5-3-4-9(8-10)11-6-1-2-7-12(11)17/h3-5,8,11-12,17H,1-2,6-7H2/t11-,12-/m0/s1. The van der Waals surface area contributed by atoms with Crippen molar-refractivity contribution < 1.29 is 18.3 Å². The molecule has 4 heteroatoms. The molecule has 1 aromatic rings. The van der Waals surface area contributed by atoms with Crippen LogP contribution in [0.15, 0.2) is 24.3 Å². The van der Waals surface area contributed by atoms with Crippen LogP contribution in [-0.4, -0.2) is 11.2 Å². The molecule has 17 heavy (non-hydrogen) atoms. The van der Waals surface area contributed by atoms with Crippen LogP contribution in [0.25, 0.3) is 0 Å². The lowest BCUT2D eigenvalue weighted by Gasteiger charge is -2.28. The smallest absolute Gasteiger partial charge is 0.392 e. The monoisotopic (exact) mass is 244 g/mol. The summed E-state index contributed by atoms with van der Waals surface area (Å²) in [6.45, 7) is 0. The molecule has 0 aliphatic heterocycles. The molecule has 0 amide bonds. The van der Waals surface area contributed by atoms with Crippen LogP contribution in [0.3, 0.4) is 0 Å². The molecule has 0 radical (unpaired) electrons. The predicted molar refractivity (Wildman–Crippen MR) is 58.7 cm³/mol. The summed E-state index contributed by atoms with van der Waals surface area (Å²) in [5.41, 5.74) is -0.0280. The van der Waals surface area contributed by atoms with Crippen molar-refractivity contribution in [3.8, 4) is 0 Å². The van der Waals surface area contributed by atoms with Gasteiger partial charge in [-0.2, -0.15) is 13.2 Å². The minimum absolute atomic E-state index is 0.147. The van der Waals surface area contributed by atoms with Crippen molar-refractivity contribution in [2.24, 2.45) is 0 Å². The zero-order valence-electron chi connectivity index (χ0n) is 9.37. The van der Waals surface area contributed by atoms with Gasteiger partial charge in [0.05, 0.1) is 11.7 Å². The Bertz CT molecular complexity index is 386. The Hall–Kier alpha value is -1.03. The maximum absolute atomic E-state index is 12.6. The van der Waals surface area contributed by atoms with Gasteiger partial charge in [0.2, 0.25) is 0 Å². The van der Waals surface area contributed by atoms with Gasteiger partial charge in [0.1, 0.15) is 0 Å². The minimum atomic E-state index is -4.31. The number of alkyl halides is 3. The van der Waals surface area contributed by atoms with Gasteiger partial charge in [-0.3, -0.25) is 0 Å². The van der Waals surface area contributed by atoms with E-state index < -0.39 is 17.8 Å². The van der Waals surface area contributed by atoms with E-state index in [1.165, 1.54) is 12.1 Å². The second-order valence-electron chi connectivity index (χ2n) is 4.58. The molecule has 2 rings (SSSR count). The Morgan fingerprint density at radius 1 is 1.12 bits per heavy atom. The molecule has 1 nitrogen and oxygen atoms in total. The molecule has 0 saturated heterocycles.